The van der Waals surface area contributed by atoms with Gasteiger partial charge in [0.25, 0.3) is 5.69 Å². The van der Waals surface area contributed by atoms with E-state index in [1.807, 2.05) is 0 Å². The van der Waals surface area contributed by atoms with E-state index in [0.717, 1.165) is 12.1 Å². The maximum atomic E-state index is 10.8. The number of nitrogens with zero attached hydrogens (tertiary/aromatic N) is 1. The summed E-state index contributed by atoms with van der Waals surface area (Å²) in [5, 5.41) is 15.1. The molecular weight excluding hydrogens is 219 g/mol. The van der Waals surface area contributed by atoms with E-state index in [-0.39, 0.29) is 31.0 Å². The first-order chi connectivity index (χ1) is 5.93. The van der Waals surface area contributed by atoms with E-state index in [4.69, 9.17) is 5.14 Å². The molecule has 0 radical (unpaired) electrons. The second-order valence-electron chi connectivity index (χ2n) is 2.27. The van der Waals surface area contributed by atoms with Gasteiger partial charge in [-0.3, -0.25) is 10.1 Å². The third kappa shape index (κ3) is 3.03. The summed E-state index contributed by atoms with van der Waals surface area (Å²) in [7, 11) is -4.02. The van der Waals surface area contributed by atoms with Crippen molar-refractivity contribution >= 4 is 15.7 Å². The minimum Gasteiger partial charge on any atom is -1.00 e. The molecule has 0 saturated heterocycles. The summed E-state index contributed by atoms with van der Waals surface area (Å²) in [5.41, 5.74) is -0.509. The number of nitrogens with two attached hydrogens (primary N) is 1. The van der Waals surface area contributed by atoms with Gasteiger partial charge in [-0.05, 0) is 6.07 Å². The second kappa shape index (κ2) is 4.85. The standard InChI is InChI=1S/C6H6N2O4S.Na.H/c7-13(11,12)6-4-2-1-3-5(6)8(9)10;;/h1-4H,(H2,7,11,12);;/q;+1;-1. The predicted molar refractivity (Wildman–Crippen MR) is 45.6 cm³/mol. The molecule has 72 valence electrons. The Morgan fingerprint density at radius 2 is 1.86 bits per heavy atom. The van der Waals surface area contributed by atoms with Gasteiger partial charge in [0.1, 0.15) is 0 Å². The number of hydrogen-bond donors (Lipinski definition) is 1. The van der Waals surface area contributed by atoms with Crippen molar-refractivity contribution < 1.29 is 44.3 Å². The Balaban J connectivity index is 0. The first-order valence-corrected chi connectivity index (χ1v) is 4.74. The topological polar surface area (TPSA) is 103 Å². The van der Waals surface area contributed by atoms with Crippen molar-refractivity contribution in [3.8, 4) is 0 Å². The number of hydrogen-bond acceptors (Lipinski definition) is 4. The Hall–Kier alpha value is -0.470. The maximum absolute atomic E-state index is 10.8. The van der Waals surface area contributed by atoms with Crippen LogP contribution in [-0.2, 0) is 10.0 Å². The first-order valence-electron chi connectivity index (χ1n) is 3.19. The van der Waals surface area contributed by atoms with E-state index < -0.39 is 25.5 Å². The van der Waals surface area contributed by atoms with Gasteiger partial charge in [0.15, 0.2) is 4.90 Å². The Kier molecular flexibility index (Phi) is 4.69. The fraction of sp³-hybridized carbons (Fsp3) is 0. The molecule has 0 bridgehead atoms. The maximum Gasteiger partial charge on any atom is 1.00 e. The smallest absolute Gasteiger partial charge is 1.00 e. The molecule has 0 aliphatic carbocycles. The summed E-state index contributed by atoms with van der Waals surface area (Å²) in [6.45, 7) is 0. The van der Waals surface area contributed by atoms with E-state index in [2.05, 4.69) is 0 Å². The molecule has 0 saturated carbocycles. The number of nitro groups is 1. The van der Waals surface area contributed by atoms with E-state index >= 15 is 0 Å². The molecule has 0 atom stereocenters. The van der Waals surface area contributed by atoms with Crippen LogP contribution < -0.4 is 34.7 Å². The number of primary sulfonamides is 1. The third-order valence-electron chi connectivity index (χ3n) is 1.37. The van der Waals surface area contributed by atoms with Crippen LogP contribution in [0.3, 0.4) is 0 Å². The number of nitro benzene ring substituents is 1. The molecule has 8 heteroatoms. The molecule has 0 fully saturated rings. The summed E-state index contributed by atoms with van der Waals surface area (Å²) in [6, 6.07) is 4.91. The quantitative estimate of drug-likeness (QED) is 0.338. The van der Waals surface area contributed by atoms with Gasteiger partial charge in [-0.1, -0.05) is 12.1 Å². The average Bonchev–Trinajstić information content (AvgIpc) is 2.03. The van der Waals surface area contributed by atoms with Gasteiger partial charge in [0.05, 0.1) is 4.92 Å². The molecule has 6 nitrogen and oxygen atoms in total. The summed E-state index contributed by atoms with van der Waals surface area (Å²) >= 11 is 0. The Morgan fingerprint density at radius 1 is 1.36 bits per heavy atom. The molecule has 0 spiro atoms. The molecule has 2 N–H and O–H groups in total. The molecule has 0 amide bonds. The molecule has 0 aromatic heterocycles. The summed E-state index contributed by atoms with van der Waals surface area (Å²) in [5.74, 6) is 0. The zero-order valence-corrected chi connectivity index (χ0v) is 10.2. The fourth-order valence-electron chi connectivity index (χ4n) is 0.849. The Bertz CT molecular complexity index is 450. The van der Waals surface area contributed by atoms with Crippen molar-refractivity contribution in [1.29, 1.82) is 0 Å². The van der Waals surface area contributed by atoms with E-state index in [1.54, 1.807) is 0 Å². The Morgan fingerprint density at radius 3 is 2.21 bits per heavy atom. The van der Waals surface area contributed by atoms with Gasteiger partial charge in [-0.2, -0.15) is 0 Å². The summed E-state index contributed by atoms with van der Waals surface area (Å²) in [6.07, 6.45) is 0. The molecule has 1 rings (SSSR count). The van der Waals surface area contributed by atoms with Crippen LogP contribution in [0.1, 0.15) is 1.43 Å². The molecule has 1 aromatic rings. The molecule has 0 aliphatic heterocycles. The number of para-hydroxylation sites is 1. The van der Waals surface area contributed by atoms with Crippen molar-refractivity contribution in [2.75, 3.05) is 0 Å². The molecule has 0 unspecified atom stereocenters. The minimum absolute atomic E-state index is 0. The molecule has 14 heavy (non-hydrogen) atoms. The van der Waals surface area contributed by atoms with Gasteiger partial charge in [-0.25, -0.2) is 13.6 Å². The van der Waals surface area contributed by atoms with E-state index in [1.165, 1.54) is 12.1 Å². The molecule has 0 aliphatic rings. The van der Waals surface area contributed by atoms with E-state index in [9.17, 15) is 18.5 Å². The van der Waals surface area contributed by atoms with Crippen LogP contribution in [0.5, 0.6) is 0 Å². The van der Waals surface area contributed by atoms with Crippen molar-refractivity contribution in [2.45, 2.75) is 4.90 Å². The molecule has 0 heterocycles. The zero-order valence-electron chi connectivity index (χ0n) is 8.38. The van der Waals surface area contributed by atoms with Crippen molar-refractivity contribution in [3.63, 3.8) is 0 Å². The summed E-state index contributed by atoms with van der Waals surface area (Å²) < 4.78 is 21.7. The van der Waals surface area contributed by atoms with Gasteiger partial charge >= 0.3 is 29.6 Å². The average molecular weight is 226 g/mol. The normalized spacial score (nSPS) is 10.4. The number of benzene rings is 1. The fourth-order valence-corrected chi connectivity index (χ4v) is 1.55. The van der Waals surface area contributed by atoms with Crippen molar-refractivity contribution in [2.24, 2.45) is 5.14 Å². The van der Waals surface area contributed by atoms with Crippen LogP contribution in [0, 0.1) is 10.1 Å². The number of rotatable bonds is 2. The van der Waals surface area contributed by atoms with Gasteiger partial charge in [0.2, 0.25) is 10.0 Å². The van der Waals surface area contributed by atoms with Crippen LogP contribution in [-0.4, -0.2) is 13.3 Å². The van der Waals surface area contributed by atoms with Crippen LogP contribution in [0.15, 0.2) is 29.2 Å². The monoisotopic (exact) mass is 226 g/mol. The SMILES string of the molecule is NS(=O)(=O)c1ccccc1[N+](=O)[O-].[H-].[Na+]. The van der Waals surface area contributed by atoms with Gasteiger partial charge < -0.3 is 1.43 Å². The van der Waals surface area contributed by atoms with Crippen LogP contribution in [0.25, 0.3) is 0 Å². The number of sulfonamides is 1. The first kappa shape index (κ1) is 13.5. The van der Waals surface area contributed by atoms with Crippen molar-refractivity contribution in [3.05, 3.63) is 34.4 Å². The molecular formula is C6H7N2NaO4S. The minimum atomic E-state index is -4.02. The van der Waals surface area contributed by atoms with Crippen LogP contribution >= 0.6 is 0 Å². The van der Waals surface area contributed by atoms with Crippen LogP contribution in [0.4, 0.5) is 5.69 Å². The van der Waals surface area contributed by atoms with Gasteiger partial charge in [-0.15, -0.1) is 0 Å². The van der Waals surface area contributed by atoms with Crippen LogP contribution in [0.2, 0.25) is 0 Å². The van der Waals surface area contributed by atoms with Gasteiger partial charge in [0, 0.05) is 6.07 Å². The predicted octanol–water partition coefficient (Wildman–Crippen LogP) is -2.64. The third-order valence-corrected chi connectivity index (χ3v) is 2.33. The summed E-state index contributed by atoms with van der Waals surface area (Å²) in [4.78, 5) is 9.09. The molecule has 1 aromatic carbocycles. The largest absolute Gasteiger partial charge is 1.00 e. The van der Waals surface area contributed by atoms with E-state index in [0.29, 0.717) is 0 Å². The van der Waals surface area contributed by atoms with Crippen molar-refractivity contribution in [1.82, 2.24) is 0 Å². The Labute approximate surface area is 104 Å². The zero-order chi connectivity index (χ0) is 10.1. The second-order valence-corrected chi connectivity index (χ2v) is 3.80.